The van der Waals surface area contributed by atoms with Gasteiger partial charge in [-0.25, -0.2) is 0 Å². The van der Waals surface area contributed by atoms with Crippen molar-refractivity contribution in [1.82, 2.24) is 10.3 Å². The molecule has 1 saturated carbocycles. The van der Waals surface area contributed by atoms with Gasteiger partial charge in [0, 0.05) is 25.0 Å². The molecule has 2 nitrogen and oxygen atoms in total. The van der Waals surface area contributed by atoms with Crippen LogP contribution in [0.3, 0.4) is 0 Å². The lowest BCUT2D eigenvalue weighted by Crippen LogP contribution is -2.33. The van der Waals surface area contributed by atoms with Crippen LogP contribution in [-0.4, -0.2) is 17.6 Å². The van der Waals surface area contributed by atoms with Crippen LogP contribution in [0.4, 0.5) is 0 Å². The highest BCUT2D eigenvalue weighted by atomic mass is 14.9. The van der Waals surface area contributed by atoms with Crippen LogP contribution in [-0.2, 0) is 6.42 Å². The molecule has 16 heavy (non-hydrogen) atoms. The van der Waals surface area contributed by atoms with Crippen LogP contribution in [0.25, 0.3) is 0 Å². The monoisotopic (exact) mass is 218 g/mol. The van der Waals surface area contributed by atoms with Crippen LogP contribution in [0.1, 0.15) is 38.7 Å². The van der Waals surface area contributed by atoms with Gasteiger partial charge in [0.15, 0.2) is 0 Å². The van der Waals surface area contributed by atoms with Gasteiger partial charge in [0.2, 0.25) is 0 Å². The fraction of sp³-hybridized carbons (Fsp3) is 0.643. The molecule has 1 aliphatic carbocycles. The molecule has 1 aliphatic rings. The Morgan fingerprint density at radius 1 is 1.38 bits per heavy atom. The molecule has 0 spiro atoms. The topological polar surface area (TPSA) is 24.9 Å². The Bertz CT molecular complexity index is 317. The first-order chi connectivity index (χ1) is 7.74. The number of aromatic nitrogens is 1. The summed E-state index contributed by atoms with van der Waals surface area (Å²) in [6.45, 7) is 5.77. The number of rotatable bonds is 6. The Kier molecular flexibility index (Phi) is 3.59. The van der Waals surface area contributed by atoms with Crippen LogP contribution in [0.5, 0.6) is 0 Å². The quantitative estimate of drug-likeness (QED) is 0.794. The molecular weight excluding hydrogens is 196 g/mol. The fourth-order valence-corrected chi connectivity index (χ4v) is 2.17. The number of pyridine rings is 1. The summed E-state index contributed by atoms with van der Waals surface area (Å²) in [4.78, 5) is 4.04. The minimum Gasteiger partial charge on any atom is -0.313 e. The third-order valence-corrected chi connectivity index (χ3v) is 3.82. The van der Waals surface area contributed by atoms with Gasteiger partial charge < -0.3 is 5.32 Å². The first-order valence-electron chi connectivity index (χ1n) is 6.36. The Morgan fingerprint density at radius 2 is 2.06 bits per heavy atom. The van der Waals surface area contributed by atoms with Crippen molar-refractivity contribution in [2.24, 2.45) is 5.41 Å². The molecule has 0 radical (unpaired) electrons. The second-order valence-corrected chi connectivity index (χ2v) is 5.20. The normalized spacial score (nSPS) is 19.4. The first kappa shape index (κ1) is 11.6. The molecule has 1 N–H and O–H groups in total. The van der Waals surface area contributed by atoms with Gasteiger partial charge in [-0.3, -0.25) is 4.98 Å². The zero-order valence-electron chi connectivity index (χ0n) is 10.4. The van der Waals surface area contributed by atoms with Gasteiger partial charge >= 0.3 is 0 Å². The number of hydrogen-bond donors (Lipinski definition) is 1. The molecular formula is C14H22N2. The molecule has 0 saturated heterocycles. The molecule has 1 heterocycles. The summed E-state index contributed by atoms with van der Waals surface area (Å²) in [6, 6.07) is 4.77. The van der Waals surface area contributed by atoms with E-state index in [4.69, 9.17) is 0 Å². The van der Waals surface area contributed by atoms with E-state index in [1.165, 1.54) is 31.4 Å². The highest BCUT2D eigenvalue weighted by Crippen LogP contribution is 2.47. The van der Waals surface area contributed by atoms with E-state index in [1.54, 1.807) is 0 Å². The summed E-state index contributed by atoms with van der Waals surface area (Å²) in [5.74, 6) is 0. The van der Waals surface area contributed by atoms with E-state index in [2.05, 4.69) is 36.3 Å². The fourth-order valence-electron chi connectivity index (χ4n) is 2.17. The second kappa shape index (κ2) is 4.96. The zero-order valence-corrected chi connectivity index (χ0v) is 10.4. The number of hydrogen-bond acceptors (Lipinski definition) is 2. The molecule has 0 bridgehead atoms. The SMILES string of the molecule is CCC1(CNC(C)Cc2ccncc2)CC1. The average Bonchev–Trinajstić information content (AvgIpc) is 3.09. The molecule has 0 aliphatic heterocycles. The first-order valence-corrected chi connectivity index (χ1v) is 6.36. The lowest BCUT2D eigenvalue weighted by atomic mass is 10.0. The number of nitrogens with one attached hydrogen (secondary N) is 1. The average molecular weight is 218 g/mol. The van der Waals surface area contributed by atoms with Gasteiger partial charge in [-0.15, -0.1) is 0 Å². The molecule has 0 aromatic carbocycles. The maximum absolute atomic E-state index is 4.04. The van der Waals surface area contributed by atoms with E-state index in [0.29, 0.717) is 11.5 Å². The molecule has 2 heteroatoms. The highest BCUT2D eigenvalue weighted by molar-refractivity contribution is 5.11. The van der Waals surface area contributed by atoms with E-state index in [-0.39, 0.29) is 0 Å². The van der Waals surface area contributed by atoms with Crippen molar-refractivity contribution < 1.29 is 0 Å². The lowest BCUT2D eigenvalue weighted by molar-refractivity contribution is 0.409. The molecule has 88 valence electrons. The third kappa shape index (κ3) is 3.05. The van der Waals surface area contributed by atoms with E-state index < -0.39 is 0 Å². The highest BCUT2D eigenvalue weighted by Gasteiger charge is 2.40. The van der Waals surface area contributed by atoms with Crippen molar-refractivity contribution >= 4 is 0 Å². The van der Waals surface area contributed by atoms with E-state index in [0.717, 1.165) is 6.42 Å². The van der Waals surface area contributed by atoms with Gasteiger partial charge in [-0.05, 0) is 55.7 Å². The van der Waals surface area contributed by atoms with Crippen molar-refractivity contribution in [1.29, 1.82) is 0 Å². The van der Waals surface area contributed by atoms with Crippen molar-refractivity contribution in [2.75, 3.05) is 6.54 Å². The standard InChI is InChI=1S/C14H22N2/c1-3-14(6-7-14)11-16-12(2)10-13-4-8-15-9-5-13/h4-5,8-9,12,16H,3,6-7,10-11H2,1-2H3. The third-order valence-electron chi connectivity index (χ3n) is 3.82. The Morgan fingerprint density at radius 3 is 2.62 bits per heavy atom. The molecule has 1 aromatic heterocycles. The molecule has 1 atom stereocenters. The van der Waals surface area contributed by atoms with Crippen LogP contribution in [0.15, 0.2) is 24.5 Å². The maximum Gasteiger partial charge on any atom is 0.0270 e. The summed E-state index contributed by atoms with van der Waals surface area (Å²) in [5.41, 5.74) is 2.02. The minimum absolute atomic E-state index is 0.562. The summed E-state index contributed by atoms with van der Waals surface area (Å²) < 4.78 is 0. The smallest absolute Gasteiger partial charge is 0.0270 e. The van der Waals surface area contributed by atoms with Gasteiger partial charge in [0.1, 0.15) is 0 Å². The summed E-state index contributed by atoms with van der Waals surface area (Å²) in [7, 11) is 0. The summed E-state index contributed by atoms with van der Waals surface area (Å²) >= 11 is 0. The van der Waals surface area contributed by atoms with Crippen LogP contribution < -0.4 is 5.32 Å². The zero-order chi connectivity index (χ0) is 11.4. The van der Waals surface area contributed by atoms with E-state index in [9.17, 15) is 0 Å². The Labute approximate surface area is 98.5 Å². The van der Waals surface area contributed by atoms with Gasteiger partial charge in [-0.2, -0.15) is 0 Å². The predicted octanol–water partition coefficient (Wildman–Crippen LogP) is 2.79. The van der Waals surface area contributed by atoms with Crippen molar-refractivity contribution in [3.8, 4) is 0 Å². The maximum atomic E-state index is 4.04. The number of nitrogens with zero attached hydrogens (tertiary/aromatic N) is 1. The van der Waals surface area contributed by atoms with Crippen molar-refractivity contribution in [2.45, 2.75) is 45.6 Å². The van der Waals surface area contributed by atoms with Crippen molar-refractivity contribution in [3.05, 3.63) is 30.1 Å². The van der Waals surface area contributed by atoms with E-state index >= 15 is 0 Å². The summed E-state index contributed by atoms with van der Waals surface area (Å²) in [6.07, 6.45) is 8.99. The molecule has 2 rings (SSSR count). The molecule has 1 aromatic rings. The minimum atomic E-state index is 0.562. The lowest BCUT2D eigenvalue weighted by Gasteiger charge is -2.18. The largest absolute Gasteiger partial charge is 0.313 e. The van der Waals surface area contributed by atoms with Crippen LogP contribution in [0, 0.1) is 5.41 Å². The van der Waals surface area contributed by atoms with Gasteiger partial charge in [0.05, 0.1) is 0 Å². The van der Waals surface area contributed by atoms with Crippen LogP contribution >= 0.6 is 0 Å². The Hall–Kier alpha value is -0.890. The van der Waals surface area contributed by atoms with E-state index in [1.807, 2.05) is 12.4 Å². The molecule has 1 fully saturated rings. The predicted molar refractivity (Wildman–Crippen MR) is 67.4 cm³/mol. The summed E-state index contributed by atoms with van der Waals surface area (Å²) in [5, 5.41) is 3.66. The molecule has 1 unspecified atom stereocenters. The van der Waals surface area contributed by atoms with Gasteiger partial charge in [0.25, 0.3) is 0 Å². The van der Waals surface area contributed by atoms with Gasteiger partial charge in [-0.1, -0.05) is 6.92 Å². The second-order valence-electron chi connectivity index (χ2n) is 5.20. The Balaban J connectivity index is 1.74. The molecule has 0 amide bonds. The van der Waals surface area contributed by atoms with Crippen molar-refractivity contribution in [3.63, 3.8) is 0 Å². The van der Waals surface area contributed by atoms with Crippen LogP contribution in [0.2, 0.25) is 0 Å².